The zero-order chi connectivity index (χ0) is 13.5. The summed E-state index contributed by atoms with van der Waals surface area (Å²) >= 11 is 1.79. The number of hydrogen-bond acceptors (Lipinski definition) is 4. The van der Waals surface area contributed by atoms with Gasteiger partial charge in [-0.3, -0.25) is 0 Å². The molecule has 1 unspecified atom stereocenters. The summed E-state index contributed by atoms with van der Waals surface area (Å²) in [6, 6.07) is 10.5. The highest BCUT2D eigenvalue weighted by atomic mass is 32.1. The van der Waals surface area contributed by atoms with Gasteiger partial charge in [-0.15, -0.1) is 11.3 Å². The minimum Gasteiger partial charge on any atom is -0.305 e. The lowest BCUT2D eigenvalue weighted by atomic mass is 10.1. The molecule has 0 aromatic carbocycles. The van der Waals surface area contributed by atoms with Crippen LogP contribution in [0.25, 0.3) is 0 Å². The van der Waals surface area contributed by atoms with Crippen LogP contribution in [0.15, 0.2) is 35.8 Å². The predicted molar refractivity (Wildman–Crippen MR) is 77.8 cm³/mol. The maximum atomic E-state index is 8.84. The Morgan fingerprint density at radius 2 is 2.37 bits per heavy atom. The molecule has 0 saturated heterocycles. The quantitative estimate of drug-likeness (QED) is 0.872. The summed E-state index contributed by atoms with van der Waals surface area (Å²) in [6.45, 7) is 2.96. The van der Waals surface area contributed by atoms with Gasteiger partial charge in [0.05, 0.1) is 0 Å². The molecule has 0 aliphatic carbocycles. The van der Waals surface area contributed by atoms with E-state index in [4.69, 9.17) is 5.26 Å². The maximum Gasteiger partial charge on any atom is 0.140 e. The van der Waals surface area contributed by atoms with E-state index in [-0.39, 0.29) is 0 Å². The lowest BCUT2D eigenvalue weighted by Gasteiger charge is -2.16. The Morgan fingerprint density at radius 3 is 3.05 bits per heavy atom. The normalized spacial score (nSPS) is 12.0. The molecule has 1 atom stereocenters. The largest absolute Gasteiger partial charge is 0.305 e. The van der Waals surface area contributed by atoms with Crippen LogP contribution in [0, 0.1) is 11.3 Å². The molecule has 0 radical (unpaired) electrons. The molecule has 0 aliphatic heterocycles. The van der Waals surface area contributed by atoms with Gasteiger partial charge in [0.2, 0.25) is 0 Å². The summed E-state index contributed by atoms with van der Waals surface area (Å²) in [5.74, 6) is 0. The second-order valence-corrected chi connectivity index (χ2v) is 5.38. The molecule has 2 aromatic rings. The third-order valence-electron chi connectivity index (χ3n) is 2.96. The molecule has 98 valence electrons. The molecule has 0 spiro atoms. The Bertz CT molecular complexity index is 543. The van der Waals surface area contributed by atoms with Crippen molar-refractivity contribution in [3.63, 3.8) is 0 Å². The number of nitrogens with zero attached hydrogens (tertiary/aromatic N) is 2. The lowest BCUT2D eigenvalue weighted by molar-refractivity contribution is 0.500. The summed E-state index contributed by atoms with van der Waals surface area (Å²) in [5.41, 5.74) is 1.58. The average molecular weight is 271 g/mol. The Kier molecular flexibility index (Phi) is 5.08. The molecule has 4 heteroatoms. The highest BCUT2D eigenvalue weighted by Gasteiger charge is 2.10. The van der Waals surface area contributed by atoms with Crippen molar-refractivity contribution in [1.29, 1.82) is 5.26 Å². The number of nitrogens with one attached hydrogen (secondary N) is 1. The van der Waals surface area contributed by atoms with Crippen molar-refractivity contribution >= 4 is 11.3 Å². The van der Waals surface area contributed by atoms with Crippen molar-refractivity contribution in [2.24, 2.45) is 0 Å². The molecule has 1 N–H and O–H groups in total. The number of nitriles is 1. The fourth-order valence-electron chi connectivity index (χ4n) is 2.01. The van der Waals surface area contributed by atoms with Gasteiger partial charge in [0.25, 0.3) is 0 Å². The summed E-state index contributed by atoms with van der Waals surface area (Å²) in [4.78, 5) is 5.36. The van der Waals surface area contributed by atoms with Crippen molar-refractivity contribution in [3.8, 4) is 6.07 Å². The van der Waals surface area contributed by atoms with Crippen LogP contribution in [-0.4, -0.2) is 4.98 Å². The first-order chi connectivity index (χ1) is 9.33. The smallest absolute Gasteiger partial charge is 0.140 e. The average Bonchev–Trinajstić information content (AvgIpc) is 2.97. The molecule has 2 rings (SSSR count). The number of rotatable bonds is 6. The minimum absolute atomic E-state index is 0.392. The van der Waals surface area contributed by atoms with Crippen LogP contribution < -0.4 is 5.32 Å². The molecule has 2 aromatic heterocycles. The van der Waals surface area contributed by atoms with Gasteiger partial charge in [-0.1, -0.05) is 19.4 Å². The van der Waals surface area contributed by atoms with Crippen LogP contribution in [0.5, 0.6) is 0 Å². The first kappa shape index (κ1) is 13.7. The van der Waals surface area contributed by atoms with E-state index in [0.717, 1.165) is 24.9 Å². The molecule has 2 heterocycles. The van der Waals surface area contributed by atoms with E-state index in [1.807, 2.05) is 12.1 Å². The second kappa shape index (κ2) is 7.03. The van der Waals surface area contributed by atoms with Gasteiger partial charge >= 0.3 is 0 Å². The zero-order valence-corrected chi connectivity index (χ0v) is 11.8. The SMILES string of the molecule is CCCC(NCc1ccnc(C#N)c1)c1cccs1. The Morgan fingerprint density at radius 1 is 1.47 bits per heavy atom. The topological polar surface area (TPSA) is 48.7 Å². The molecular weight excluding hydrogens is 254 g/mol. The van der Waals surface area contributed by atoms with Crippen molar-refractivity contribution < 1.29 is 0 Å². The van der Waals surface area contributed by atoms with Gasteiger partial charge in [0, 0.05) is 23.7 Å². The summed E-state index contributed by atoms with van der Waals surface area (Å²) in [5, 5.41) is 14.5. The second-order valence-electron chi connectivity index (χ2n) is 4.40. The Balaban J connectivity index is 2.00. The molecule has 19 heavy (non-hydrogen) atoms. The molecule has 0 amide bonds. The monoisotopic (exact) mass is 271 g/mol. The standard InChI is InChI=1S/C15H17N3S/c1-2-4-14(15-5-3-8-19-15)18-11-12-6-7-17-13(9-12)10-16/h3,5-9,14,18H,2,4,11H2,1H3. The number of aromatic nitrogens is 1. The van der Waals surface area contributed by atoms with Crippen LogP contribution in [0.3, 0.4) is 0 Å². The minimum atomic E-state index is 0.392. The molecule has 0 saturated carbocycles. The van der Waals surface area contributed by atoms with E-state index in [0.29, 0.717) is 11.7 Å². The van der Waals surface area contributed by atoms with Gasteiger partial charge in [-0.2, -0.15) is 5.26 Å². The van der Waals surface area contributed by atoms with Gasteiger partial charge in [0.15, 0.2) is 0 Å². The van der Waals surface area contributed by atoms with Gasteiger partial charge in [-0.05, 0) is 35.6 Å². The van der Waals surface area contributed by atoms with Crippen LogP contribution in [-0.2, 0) is 6.54 Å². The van der Waals surface area contributed by atoms with Gasteiger partial charge < -0.3 is 5.32 Å². The van der Waals surface area contributed by atoms with E-state index >= 15 is 0 Å². The van der Waals surface area contributed by atoms with Crippen molar-refractivity contribution in [2.75, 3.05) is 0 Å². The highest BCUT2D eigenvalue weighted by Crippen LogP contribution is 2.23. The molecule has 3 nitrogen and oxygen atoms in total. The van der Waals surface area contributed by atoms with Gasteiger partial charge in [-0.25, -0.2) is 4.98 Å². The van der Waals surface area contributed by atoms with Crippen molar-refractivity contribution in [1.82, 2.24) is 10.3 Å². The number of hydrogen-bond donors (Lipinski definition) is 1. The first-order valence-corrected chi connectivity index (χ1v) is 7.33. The summed E-state index contributed by atoms with van der Waals surface area (Å²) < 4.78 is 0. The zero-order valence-electron chi connectivity index (χ0n) is 11.0. The lowest BCUT2D eigenvalue weighted by Crippen LogP contribution is -2.20. The Labute approximate surface area is 117 Å². The highest BCUT2D eigenvalue weighted by molar-refractivity contribution is 7.10. The predicted octanol–water partition coefficient (Wildman–Crippen LogP) is 3.65. The maximum absolute atomic E-state index is 8.84. The van der Waals surface area contributed by atoms with Crippen LogP contribution in [0.1, 0.15) is 41.9 Å². The molecular formula is C15H17N3S. The molecule has 0 fully saturated rings. The molecule has 0 bridgehead atoms. The molecule has 0 aliphatic rings. The van der Waals surface area contributed by atoms with Crippen LogP contribution in [0.2, 0.25) is 0 Å². The van der Waals surface area contributed by atoms with E-state index in [2.05, 4.69) is 40.8 Å². The number of pyridine rings is 1. The summed E-state index contributed by atoms with van der Waals surface area (Å²) in [7, 11) is 0. The Hall–Kier alpha value is -1.70. The third-order valence-corrected chi connectivity index (χ3v) is 3.94. The van der Waals surface area contributed by atoms with Crippen LogP contribution in [0.4, 0.5) is 0 Å². The fraction of sp³-hybridized carbons (Fsp3) is 0.333. The van der Waals surface area contributed by atoms with E-state index in [1.54, 1.807) is 17.5 Å². The first-order valence-electron chi connectivity index (χ1n) is 6.45. The van der Waals surface area contributed by atoms with E-state index in [1.165, 1.54) is 4.88 Å². The van der Waals surface area contributed by atoms with Crippen molar-refractivity contribution in [3.05, 3.63) is 52.0 Å². The number of thiophene rings is 1. The third kappa shape index (κ3) is 3.88. The van der Waals surface area contributed by atoms with E-state index in [9.17, 15) is 0 Å². The van der Waals surface area contributed by atoms with Gasteiger partial charge in [0.1, 0.15) is 11.8 Å². The van der Waals surface area contributed by atoms with Crippen molar-refractivity contribution in [2.45, 2.75) is 32.4 Å². The summed E-state index contributed by atoms with van der Waals surface area (Å²) in [6.07, 6.45) is 3.96. The fourth-order valence-corrected chi connectivity index (χ4v) is 2.85. The van der Waals surface area contributed by atoms with E-state index < -0.39 is 0 Å². The van der Waals surface area contributed by atoms with Crippen LogP contribution >= 0.6 is 11.3 Å².